The van der Waals surface area contributed by atoms with Gasteiger partial charge in [-0.15, -0.1) is 0 Å². The lowest BCUT2D eigenvalue weighted by Crippen LogP contribution is -2.38. The van der Waals surface area contributed by atoms with Gasteiger partial charge in [0.2, 0.25) is 0 Å². The van der Waals surface area contributed by atoms with E-state index in [4.69, 9.17) is 0 Å². The Morgan fingerprint density at radius 3 is 2.34 bits per heavy atom. The largest absolute Gasteiger partial charge is 0.349 e. The first kappa shape index (κ1) is 20.0. The van der Waals surface area contributed by atoms with E-state index in [0.717, 1.165) is 23.5 Å². The van der Waals surface area contributed by atoms with Gasteiger partial charge < -0.3 is 5.32 Å². The van der Waals surface area contributed by atoms with Crippen molar-refractivity contribution in [3.63, 3.8) is 0 Å². The standard InChI is InChI=1S/C23H28N2O3S/c1-15-4-9-20(10-5-15)29(27,28)25(3)22-11-8-19(12-16(22)2)23(26)24-21-14-17-6-7-18(21)13-17/h4-5,8-12,17-18,21H,6-7,13-14H2,1-3H3,(H,24,26)/t17?,18?,21-/m1/s1. The van der Waals surface area contributed by atoms with E-state index >= 15 is 0 Å². The van der Waals surface area contributed by atoms with Crippen LogP contribution in [-0.2, 0) is 10.0 Å². The molecule has 2 unspecified atom stereocenters. The molecule has 154 valence electrons. The van der Waals surface area contributed by atoms with E-state index in [0.29, 0.717) is 17.2 Å². The molecule has 1 amide bonds. The summed E-state index contributed by atoms with van der Waals surface area (Å²) in [5, 5.41) is 3.19. The van der Waals surface area contributed by atoms with Crippen molar-refractivity contribution in [2.45, 2.75) is 50.5 Å². The first-order valence-corrected chi connectivity index (χ1v) is 11.7. The second kappa shape index (κ2) is 7.48. The third-order valence-corrected chi connectivity index (χ3v) is 8.32. The molecule has 2 aromatic carbocycles. The van der Waals surface area contributed by atoms with E-state index in [1.807, 2.05) is 13.8 Å². The lowest BCUT2D eigenvalue weighted by atomic mass is 9.95. The van der Waals surface area contributed by atoms with Crippen LogP contribution in [0.15, 0.2) is 47.4 Å². The second-order valence-electron chi connectivity index (χ2n) is 8.54. The average Bonchev–Trinajstić information content (AvgIpc) is 3.31. The number of hydrogen-bond acceptors (Lipinski definition) is 3. The van der Waals surface area contributed by atoms with Gasteiger partial charge >= 0.3 is 0 Å². The second-order valence-corrected chi connectivity index (χ2v) is 10.5. The summed E-state index contributed by atoms with van der Waals surface area (Å²) in [5.74, 6) is 1.33. The first-order valence-electron chi connectivity index (χ1n) is 10.2. The Kier molecular flexibility index (Phi) is 5.15. The molecule has 3 atom stereocenters. The Bertz CT molecular complexity index is 1030. The van der Waals surface area contributed by atoms with Gasteiger partial charge in [-0.05, 0) is 80.8 Å². The third kappa shape index (κ3) is 3.78. The number of carbonyl (C=O) groups is 1. The maximum absolute atomic E-state index is 13.0. The summed E-state index contributed by atoms with van der Waals surface area (Å²) in [6, 6.07) is 12.3. The molecule has 2 bridgehead atoms. The fourth-order valence-corrected chi connectivity index (χ4v) is 6.08. The summed E-state index contributed by atoms with van der Waals surface area (Å²) in [7, 11) is -2.11. The van der Waals surface area contributed by atoms with Gasteiger partial charge in [-0.1, -0.05) is 24.1 Å². The lowest BCUT2D eigenvalue weighted by molar-refractivity contribution is 0.0923. The highest BCUT2D eigenvalue weighted by atomic mass is 32.2. The molecule has 0 spiro atoms. The van der Waals surface area contributed by atoms with Crippen molar-refractivity contribution < 1.29 is 13.2 Å². The monoisotopic (exact) mass is 412 g/mol. The van der Waals surface area contributed by atoms with Crippen molar-refractivity contribution in [2.24, 2.45) is 11.8 Å². The zero-order valence-corrected chi connectivity index (χ0v) is 18.0. The molecule has 0 heterocycles. The van der Waals surface area contributed by atoms with Crippen LogP contribution in [0, 0.1) is 25.7 Å². The SMILES string of the molecule is Cc1ccc(S(=O)(=O)N(C)c2ccc(C(=O)N[C@@H]3CC4CCC3C4)cc2C)cc1. The number of sulfonamides is 1. The van der Waals surface area contributed by atoms with Crippen molar-refractivity contribution in [2.75, 3.05) is 11.4 Å². The molecule has 0 radical (unpaired) electrons. The van der Waals surface area contributed by atoms with Gasteiger partial charge in [-0.25, -0.2) is 8.42 Å². The molecule has 1 N–H and O–H groups in total. The fraction of sp³-hybridized carbons (Fsp3) is 0.435. The molecule has 2 aliphatic rings. The Balaban J connectivity index is 1.52. The van der Waals surface area contributed by atoms with Crippen LogP contribution in [-0.4, -0.2) is 27.4 Å². The number of fused-ring (bicyclic) bond motifs is 2. The van der Waals surface area contributed by atoms with Crippen LogP contribution >= 0.6 is 0 Å². The van der Waals surface area contributed by atoms with Crippen LogP contribution in [0.1, 0.15) is 47.2 Å². The third-order valence-electron chi connectivity index (χ3n) is 6.53. The van der Waals surface area contributed by atoms with Gasteiger partial charge in [0.05, 0.1) is 10.6 Å². The Morgan fingerprint density at radius 2 is 1.76 bits per heavy atom. The van der Waals surface area contributed by atoms with Gasteiger partial charge in [-0.3, -0.25) is 9.10 Å². The van der Waals surface area contributed by atoms with Gasteiger partial charge in [0.1, 0.15) is 0 Å². The van der Waals surface area contributed by atoms with Crippen LogP contribution in [0.2, 0.25) is 0 Å². The first-order chi connectivity index (χ1) is 13.8. The van der Waals surface area contributed by atoms with E-state index in [-0.39, 0.29) is 16.8 Å². The Hall–Kier alpha value is -2.34. The minimum absolute atomic E-state index is 0.0683. The average molecular weight is 413 g/mol. The molecule has 5 nitrogen and oxygen atoms in total. The van der Waals surface area contributed by atoms with Crippen LogP contribution in [0.5, 0.6) is 0 Å². The lowest BCUT2D eigenvalue weighted by Gasteiger charge is -2.24. The zero-order valence-electron chi connectivity index (χ0n) is 17.2. The summed E-state index contributed by atoms with van der Waals surface area (Å²) >= 11 is 0. The predicted octanol–water partition coefficient (Wildman–Crippen LogP) is 4.05. The molecule has 2 aromatic rings. The number of amides is 1. The summed E-state index contributed by atoms with van der Waals surface area (Å²) in [5.41, 5.74) is 2.91. The van der Waals surface area contributed by atoms with Crippen molar-refractivity contribution in [1.82, 2.24) is 5.32 Å². The highest BCUT2D eigenvalue weighted by Gasteiger charge is 2.40. The molecular weight excluding hydrogens is 384 g/mol. The summed E-state index contributed by atoms with van der Waals surface area (Å²) in [6.07, 6.45) is 4.84. The van der Waals surface area contributed by atoms with Crippen LogP contribution in [0.25, 0.3) is 0 Å². The van der Waals surface area contributed by atoms with Crippen molar-refractivity contribution in [3.05, 3.63) is 59.2 Å². The summed E-state index contributed by atoms with van der Waals surface area (Å²) in [6.45, 7) is 3.76. The summed E-state index contributed by atoms with van der Waals surface area (Å²) in [4.78, 5) is 13.0. The van der Waals surface area contributed by atoms with E-state index in [2.05, 4.69) is 5.32 Å². The predicted molar refractivity (Wildman–Crippen MR) is 115 cm³/mol. The molecular formula is C23H28N2O3S. The Labute approximate surface area is 173 Å². The van der Waals surface area contributed by atoms with Crippen molar-refractivity contribution in [1.29, 1.82) is 0 Å². The zero-order chi connectivity index (χ0) is 20.8. The molecule has 0 aliphatic heterocycles. The molecule has 2 saturated carbocycles. The maximum atomic E-state index is 13.0. The fourth-order valence-electron chi connectivity index (χ4n) is 4.82. The molecule has 2 fully saturated rings. The van der Waals surface area contributed by atoms with Crippen molar-refractivity contribution >= 4 is 21.6 Å². The molecule has 0 aromatic heterocycles. The van der Waals surface area contributed by atoms with E-state index in [1.165, 1.54) is 23.6 Å². The van der Waals surface area contributed by atoms with Crippen LogP contribution in [0.4, 0.5) is 5.69 Å². The number of rotatable bonds is 5. The summed E-state index contributed by atoms with van der Waals surface area (Å²) < 4.78 is 27.2. The minimum Gasteiger partial charge on any atom is -0.349 e. The highest BCUT2D eigenvalue weighted by molar-refractivity contribution is 7.92. The quantitative estimate of drug-likeness (QED) is 0.806. The maximum Gasteiger partial charge on any atom is 0.264 e. The van der Waals surface area contributed by atoms with Gasteiger partial charge in [0.15, 0.2) is 0 Å². The topological polar surface area (TPSA) is 66.5 Å². The van der Waals surface area contributed by atoms with E-state index < -0.39 is 10.0 Å². The van der Waals surface area contributed by atoms with E-state index in [9.17, 15) is 13.2 Å². The number of anilines is 1. The molecule has 29 heavy (non-hydrogen) atoms. The number of carbonyl (C=O) groups excluding carboxylic acids is 1. The highest BCUT2D eigenvalue weighted by Crippen LogP contribution is 2.44. The van der Waals surface area contributed by atoms with Crippen molar-refractivity contribution in [3.8, 4) is 0 Å². The molecule has 6 heteroatoms. The Morgan fingerprint density at radius 1 is 1.03 bits per heavy atom. The number of benzene rings is 2. The van der Waals surface area contributed by atoms with Gasteiger partial charge in [0.25, 0.3) is 15.9 Å². The van der Waals surface area contributed by atoms with E-state index in [1.54, 1.807) is 49.5 Å². The molecule has 4 rings (SSSR count). The number of nitrogens with zero attached hydrogens (tertiary/aromatic N) is 1. The number of aryl methyl sites for hydroxylation is 2. The minimum atomic E-state index is -3.66. The van der Waals surface area contributed by atoms with Gasteiger partial charge in [-0.2, -0.15) is 0 Å². The number of nitrogens with one attached hydrogen (secondary N) is 1. The number of hydrogen-bond donors (Lipinski definition) is 1. The van der Waals surface area contributed by atoms with Crippen LogP contribution in [0.3, 0.4) is 0 Å². The molecule has 2 aliphatic carbocycles. The molecule has 0 saturated heterocycles. The van der Waals surface area contributed by atoms with Crippen LogP contribution < -0.4 is 9.62 Å². The smallest absolute Gasteiger partial charge is 0.264 e. The van der Waals surface area contributed by atoms with Gasteiger partial charge in [0, 0.05) is 18.7 Å². The normalized spacial score (nSPS) is 23.2.